The zero-order valence-corrected chi connectivity index (χ0v) is 15.3. The van der Waals surface area contributed by atoms with E-state index in [1.54, 1.807) is 0 Å². The summed E-state index contributed by atoms with van der Waals surface area (Å²) in [5.74, 6) is 1.61. The van der Waals surface area contributed by atoms with Gasteiger partial charge in [0, 0.05) is 17.3 Å². The van der Waals surface area contributed by atoms with Gasteiger partial charge in [-0.15, -0.1) is 0 Å². The van der Waals surface area contributed by atoms with Gasteiger partial charge in [0.15, 0.2) is 0 Å². The van der Waals surface area contributed by atoms with Crippen LogP contribution in [0.3, 0.4) is 0 Å². The number of aryl methyl sites for hydroxylation is 2. The van der Waals surface area contributed by atoms with Crippen molar-refractivity contribution in [2.24, 2.45) is 5.92 Å². The summed E-state index contributed by atoms with van der Waals surface area (Å²) in [6, 6.07) is 7.97. The van der Waals surface area contributed by atoms with E-state index in [0.717, 1.165) is 42.1 Å². The van der Waals surface area contributed by atoms with Gasteiger partial charge in [-0.2, -0.15) is 0 Å². The van der Waals surface area contributed by atoms with Crippen LogP contribution in [0.5, 0.6) is 5.75 Å². The highest BCUT2D eigenvalue weighted by atomic mass is 16.5. The number of hydrogen-bond donors (Lipinski definition) is 1. The molecule has 0 saturated heterocycles. The van der Waals surface area contributed by atoms with Crippen LogP contribution in [0.4, 0.5) is 0 Å². The lowest BCUT2D eigenvalue weighted by Gasteiger charge is -2.18. The van der Waals surface area contributed by atoms with E-state index in [-0.39, 0.29) is 11.8 Å². The number of carbonyl (C=O) groups excluding carboxylic acids is 1. The number of amides is 1. The summed E-state index contributed by atoms with van der Waals surface area (Å²) in [7, 11) is 0. The van der Waals surface area contributed by atoms with Crippen molar-refractivity contribution in [3.8, 4) is 5.75 Å². The Morgan fingerprint density at radius 1 is 1.23 bits per heavy atom. The lowest BCUT2D eigenvalue weighted by Crippen LogP contribution is -2.32. The Kier molecular flexibility index (Phi) is 4.87. The Balaban J connectivity index is 1.42. The topological polar surface area (TPSA) is 64.1 Å². The lowest BCUT2D eigenvalue weighted by atomic mass is 9.95. The highest BCUT2D eigenvalue weighted by Crippen LogP contribution is 2.27. The Hall–Kier alpha value is -2.43. The molecule has 0 fully saturated rings. The van der Waals surface area contributed by atoms with Crippen LogP contribution in [0.2, 0.25) is 0 Å². The fourth-order valence-electron chi connectivity index (χ4n) is 3.95. The van der Waals surface area contributed by atoms with E-state index in [2.05, 4.69) is 17.2 Å². The van der Waals surface area contributed by atoms with Crippen LogP contribution in [0.1, 0.15) is 47.6 Å². The average Bonchev–Trinajstić information content (AvgIpc) is 2.89. The van der Waals surface area contributed by atoms with Gasteiger partial charge in [0.2, 0.25) is 5.91 Å². The Bertz CT molecular complexity index is 819. The summed E-state index contributed by atoms with van der Waals surface area (Å²) in [6.07, 6.45) is 5.96. The number of fused-ring (bicyclic) bond motifs is 2. The second-order valence-corrected chi connectivity index (χ2v) is 7.22. The molecule has 0 unspecified atom stereocenters. The molecule has 0 bridgehead atoms. The molecule has 2 aromatic rings. The van der Waals surface area contributed by atoms with Crippen molar-refractivity contribution < 1.29 is 9.53 Å². The number of ether oxygens (including phenoxy) is 1. The van der Waals surface area contributed by atoms with E-state index in [1.165, 1.54) is 24.1 Å². The SMILES string of the molecule is Cc1nc(CNC(=O)[C@@H]2CCOc3ccccc3C2)nc2c1CCCC2. The van der Waals surface area contributed by atoms with Crippen LogP contribution in [0, 0.1) is 12.8 Å². The summed E-state index contributed by atoms with van der Waals surface area (Å²) in [6.45, 7) is 3.02. The first kappa shape index (κ1) is 17.0. The van der Waals surface area contributed by atoms with Gasteiger partial charge in [-0.3, -0.25) is 4.79 Å². The lowest BCUT2D eigenvalue weighted by molar-refractivity contribution is -0.125. The number of nitrogens with one attached hydrogen (secondary N) is 1. The summed E-state index contributed by atoms with van der Waals surface area (Å²) in [4.78, 5) is 22.0. The highest BCUT2D eigenvalue weighted by molar-refractivity contribution is 5.79. The van der Waals surface area contributed by atoms with Gasteiger partial charge in [-0.05, 0) is 62.6 Å². The van der Waals surface area contributed by atoms with E-state index < -0.39 is 0 Å². The normalized spacial score (nSPS) is 18.9. The van der Waals surface area contributed by atoms with Crippen LogP contribution in [0.15, 0.2) is 24.3 Å². The van der Waals surface area contributed by atoms with Crippen molar-refractivity contribution in [1.29, 1.82) is 0 Å². The van der Waals surface area contributed by atoms with Gasteiger partial charge in [0.05, 0.1) is 13.2 Å². The second-order valence-electron chi connectivity index (χ2n) is 7.22. The predicted molar refractivity (Wildman–Crippen MR) is 99.0 cm³/mol. The Morgan fingerprint density at radius 2 is 2.08 bits per heavy atom. The van der Waals surface area contributed by atoms with Crippen molar-refractivity contribution in [3.05, 3.63) is 52.6 Å². The summed E-state index contributed by atoms with van der Waals surface area (Å²) in [5, 5.41) is 3.04. The molecule has 1 aliphatic carbocycles. The van der Waals surface area contributed by atoms with Gasteiger partial charge in [-0.25, -0.2) is 9.97 Å². The molecule has 1 aromatic carbocycles. The first-order chi connectivity index (χ1) is 12.7. The maximum atomic E-state index is 12.7. The number of aromatic nitrogens is 2. The van der Waals surface area contributed by atoms with Crippen molar-refractivity contribution >= 4 is 5.91 Å². The largest absolute Gasteiger partial charge is 0.493 e. The maximum absolute atomic E-state index is 12.7. The minimum atomic E-state index is -0.0719. The van der Waals surface area contributed by atoms with Gasteiger partial charge in [0.25, 0.3) is 0 Å². The standard InChI is InChI=1S/C21H25N3O2/c1-14-17-7-3-4-8-18(17)24-20(23-14)13-22-21(25)16-10-11-26-19-9-5-2-6-15(19)12-16/h2,5-6,9,16H,3-4,7-8,10-13H2,1H3,(H,22,25)/t16-/m1/s1. The highest BCUT2D eigenvalue weighted by Gasteiger charge is 2.24. The zero-order valence-electron chi connectivity index (χ0n) is 15.3. The molecule has 5 heteroatoms. The van der Waals surface area contributed by atoms with Crippen LogP contribution < -0.4 is 10.1 Å². The minimum absolute atomic E-state index is 0.0595. The molecule has 4 rings (SSSR count). The van der Waals surface area contributed by atoms with Gasteiger partial charge < -0.3 is 10.1 Å². The Morgan fingerprint density at radius 3 is 3.00 bits per heavy atom. The van der Waals surface area contributed by atoms with E-state index in [1.807, 2.05) is 24.3 Å². The van der Waals surface area contributed by atoms with Crippen LogP contribution in [-0.4, -0.2) is 22.5 Å². The van der Waals surface area contributed by atoms with Crippen LogP contribution >= 0.6 is 0 Å². The number of rotatable bonds is 3. The molecule has 2 heterocycles. The third kappa shape index (κ3) is 3.57. The first-order valence-corrected chi connectivity index (χ1v) is 9.54. The van der Waals surface area contributed by atoms with E-state index in [0.29, 0.717) is 19.6 Å². The number of hydrogen-bond acceptors (Lipinski definition) is 4. The molecule has 26 heavy (non-hydrogen) atoms. The molecule has 1 aromatic heterocycles. The quantitative estimate of drug-likeness (QED) is 0.923. The number of nitrogens with zero attached hydrogens (tertiary/aromatic N) is 2. The second kappa shape index (κ2) is 7.44. The molecule has 1 atom stereocenters. The number of para-hydroxylation sites is 1. The average molecular weight is 351 g/mol. The van der Waals surface area contributed by atoms with Gasteiger partial charge >= 0.3 is 0 Å². The summed E-state index contributed by atoms with van der Waals surface area (Å²) < 4.78 is 5.76. The molecule has 136 valence electrons. The molecular weight excluding hydrogens is 326 g/mol. The van der Waals surface area contributed by atoms with Gasteiger partial charge in [-0.1, -0.05) is 18.2 Å². The minimum Gasteiger partial charge on any atom is -0.493 e. The van der Waals surface area contributed by atoms with Crippen LogP contribution in [0.25, 0.3) is 0 Å². The molecule has 0 spiro atoms. The van der Waals surface area contributed by atoms with Crippen molar-refractivity contribution in [2.75, 3.05) is 6.61 Å². The van der Waals surface area contributed by atoms with E-state index in [4.69, 9.17) is 9.72 Å². The van der Waals surface area contributed by atoms with E-state index in [9.17, 15) is 4.79 Å². The third-order valence-corrected chi connectivity index (χ3v) is 5.39. The number of carbonyl (C=O) groups is 1. The molecule has 1 aliphatic heterocycles. The smallest absolute Gasteiger partial charge is 0.223 e. The number of benzene rings is 1. The fraction of sp³-hybridized carbons (Fsp3) is 0.476. The van der Waals surface area contributed by atoms with Gasteiger partial charge in [0.1, 0.15) is 11.6 Å². The molecule has 0 saturated carbocycles. The molecule has 5 nitrogen and oxygen atoms in total. The molecule has 1 N–H and O–H groups in total. The summed E-state index contributed by atoms with van der Waals surface area (Å²) in [5.41, 5.74) is 4.65. The maximum Gasteiger partial charge on any atom is 0.223 e. The third-order valence-electron chi connectivity index (χ3n) is 5.39. The fourth-order valence-corrected chi connectivity index (χ4v) is 3.95. The monoisotopic (exact) mass is 351 g/mol. The molecule has 2 aliphatic rings. The van der Waals surface area contributed by atoms with Crippen molar-refractivity contribution in [1.82, 2.24) is 15.3 Å². The molecular formula is C21H25N3O2. The van der Waals surface area contributed by atoms with Crippen molar-refractivity contribution in [2.45, 2.75) is 52.0 Å². The van der Waals surface area contributed by atoms with Crippen molar-refractivity contribution in [3.63, 3.8) is 0 Å². The predicted octanol–water partition coefficient (Wildman–Crippen LogP) is 2.92. The van der Waals surface area contributed by atoms with E-state index >= 15 is 0 Å². The molecule has 0 radical (unpaired) electrons. The zero-order chi connectivity index (χ0) is 17.9. The van der Waals surface area contributed by atoms with Crippen LogP contribution in [-0.2, 0) is 30.6 Å². The molecule has 1 amide bonds. The first-order valence-electron chi connectivity index (χ1n) is 9.54. The Labute approximate surface area is 154 Å². The summed E-state index contributed by atoms with van der Waals surface area (Å²) >= 11 is 0.